The number of allylic oxidation sites excluding steroid dienone is 1. The van der Waals surface area contributed by atoms with E-state index in [0.717, 1.165) is 33.7 Å². The predicted molar refractivity (Wildman–Crippen MR) is 81.0 cm³/mol. The molecule has 0 amide bonds. The van der Waals surface area contributed by atoms with Crippen LogP contribution in [0.4, 0.5) is 5.00 Å². The van der Waals surface area contributed by atoms with Crippen molar-refractivity contribution in [3.63, 3.8) is 0 Å². The molecule has 3 heteroatoms. The number of aromatic nitrogens is 1. The molecule has 2 N–H and O–H groups in total. The maximum atomic E-state index is 6.27. The highest BCUT2D eigenvalue weighted by Crippen LogP contribution is 2.60. The third kappa shape index (κ3) is 1.85. The molecule has 0 atom stereocenters. The highest BCUT2D eigenvalue weighted by Gasteiger charge is 2.49. The molecule has 0 spiro atoms. The van der Waals surface area contributed by atoms with Crippen LogP contribution >= 0.6 is 11.3 Å². The van der Waals surface area contributed by atoms with Crippen LogP contribution < -0.4 is 5.73 Å². The van der Waals surface area contributed by atoms with Gasteiger partial charge in [-0.3, -0.25) is 0 Å². The Bertz CT molecular complexity index is 489. The van der Waals surface area contributed by atoms with Gasteiger partial charge in [0.25, 0.3) is 0 Å². The van der Waals surface area contributed by atoms with Gasteiger partial charge in [-0.15, -0.1) is 0 Å². The summed E-state index contributed by atoms with van der Waals surface area (Å²) in [7, 11) is 0. The predicted octanol–water partition coefficient (Wildman–Crippen LogP) is 4.30. The van der Waals surface area contributed by atoms with Crippen LogP contribution in [-0.2, 0) is 0 Å². The van der Waals surface area contributed by atoms with E-state index in [1.54, 1.807) is 11.3 Å². The normalized spacial score (nSPS) is 40.4. The number of anilines is 1. The molecule has 4 aliphatic carbocycles. The Hall–Kier alpha value is -0.830. The molecule has 5 rings (SSSR count). The highest BCUT2D eigenvalue weighted by molar-refractivity contribution is 7.16. The number of nitrogens with zero attached hydrogens (tertiary/aromatic N) is 1. The first-order valence-electron chi connectivity index (χ1n) is 7.63. The molecule has 1 aromatic rings. The standard InChI is InChI=1S/C16H22N2S/c1-2-3-13-18-15(16(17)19-13)14-11-5-9-4-10(7-11)8-12(14)6-9/h2-3,9-12,14H,4-8,17H2,1H3/b3-2+. The molecule has 1 aromatic heterocycles. The van der Waals surface area contributed by atoms with Gasteiger partial charge >= 0.3 is 0 Å². The molecule has 1 heterocycles. The molecular formula is C16H22N2S. The Morgan fingerprint density at radius 3 is 2.32 bits per heavy atom. The minimum absolute atomic E-state index is 0.669. The molecule has 4 aliphatic rings. The first-order valence-corrected chi connectivity index (χ1v) is 8.45. The number of hydrogen-bond acceptors (Lipinski definition) is 3. The summed E-state index contributed by atoms with van der Waals surface area (Å²) in [5.74, 6) is 4.46. The average Bonchev–Trinajstić information content (AvgIpc) is 2.69. The number of thiazole rings is 1. The largest absolute Gasteiger partial charge is 0.389 e. The molecule has 0 aromatic carbocycles. The van der Waals surface area contributed by atoms with Gasteiger partial charge in [-0.1, -0.05) is 17.4 Å². The van der Waals surface area contributed by atoms with Gasteiger partial charge in [0.2, 0.25) is 0 Å². The fourth-order valence-electron chi connectivity index (χ4n) is 5.19. The summed E-state index contributed by atoms with van der Waals surface area (Å²) >= 11 is 1.66. The van der Waals surface area contributed by atoms with Crippen LogP contribution in [0.1, 0.15) is 55.6 Å². The molecule has 102 valence electrons. The number of nitrogen functional groups attached to an aromatic ring is 1. The summed E-state index contributed by atoms with van der Waals surface area (Å²) in [6.07, 6.45) is 11.4. The van der Waals surface area contributed by atoms with Crippen molar-refractivity contribution < 1.29 is 0 Å². The van der Waals surface area contributed by atoms with Crippen molar-refractivity contribution in [2.24, 2.45) is 23.7 Å². The molecule has 0 radical (unpaired) electrons. The lowest BCUT2D eigenvalue weighted by Gasteiger charge is -2.54. The van der Waals surface area contributed by atoms with E-state index >= 15 is 0 Å². The van der Waals surface area contributed by atoms with Crippen LogP contribution in [0.25, 0.3) is 6.08 Å². The van der Waals surface area contributed by atoms with Crippen molar-refractivity contribution in [1.82, 2.24) is 4.98 Å². The third-order valence-electron chi connectivity index (χ3n) is 5.55. The zero-order valence-corrected chi connectivity index (χ0v) is 12.3. The molecule has 0 aliphatic heterocycles. The SMILES string of the molecule is C/C=C/c1nc(C2C3CC4CC(C3)CC2C4)c(N)s1. The monoisotopic (exact) mass is 274 g/mol. The van der Waals surface area contributed by atoms with Crippen molar-refractivity contribution in [1.29, 1.82) is 0 Å². The lowest BCUT2D eigenvalue weighted by atomic mass is 9.51. The van der Waals surface area contributed by atoms with E-state index in [2.05, 4.69) is 12.2 Å². The first kappa shape index (κ1) is 12.0. The van der Waals surface area contributed by atoms with Gasteiger partial charge in [0.05, 0.1) is 5.69 Å². The highest BCUT2D eigenvalue weighted by atomic mass is 32.1. The minimum atomic E-state index is 0.669. The van der Waals surface area contributed by atoms with Crippen LogP contribution in [0.3, 0.4) is 0 Å². The average molecular weight is 274 g/mol. The van der Waals surface area contributed by atoms with Gasteiger partial charge in [0.1, 0.15) is 10.0 Å². The Balaban J connectivity index is 1.68. The van der Waals surface area contributed by atoms with Crippen molar-refractivity contribution in [3.8, 4) is 0 Å². The van der Waals surface area contributed by atoms with E-state index < -0.39 is 0 Å². The quantitative estimate of drug-likeness (QED) is 0.873. The van der Waals surface area contributed by atoms with Gasteiger partial charge in [-0.2, -0.15) is 0 Å². The molecular weight excluding hydrogens is 252 g/mol. The van der Waals surface area contributed by atoms with Crippen molar-refractivity contribution >= 4 is 22.4 Å². The van der Waals surface area contributed by atoms with Gasteiger partial charge in [-0.05, 0) is 68.8 Å². The lowest BCUT2D eigenvalue weighted by molar-refractivity contribution is -0.00374. The van der Waals surface area contributed by atoms with Crippen molar-refractivity contribution in [3.05, 3.63) is 16.8 Å². The molecule has 4 bridgehead atoms. The van der Waals surface area contributed by atoms with Crippen molar-refractivity contribution in [2.75, 3.05) is 5.73 Å². The summed E-state index contributed by atoms with van der Waals surface area (Å²) in [5.41, 5.74) is 7.52. The van der Waals surface area contributed by atoms with E-state index in [-0.39, 0.29) is 0 Å². The van der Waals surface area contributed by atoms with Gasteiger partial charge < -0.3 is 5.73 Å². The Morgan fingerprint density at radius 2 is 1.74 bits per heavy atom. The second-order valence-electron chi connectivity index (χ2n) is 6.76. The Morgan fingerprint density at radius 1 is 1.11 bits per heavy atom. The van der Waals surface area contributed by atoms with Gasteiger partial charge in [0, 0.05) is 5.92 Å². The van der Waals surface area contributed by atoms with Gasteiger partial charge in [0.15, 0.2) is 0 Å². The lowest BCUT2D eigenvalue weighted by Crippen LogP contribution is -2.44. The van der Waals surface area contributed by atoms with Crippen LogP contribution in [0, 0.1) is 23.7 Å². The fraction of sp³-hybridized carbons (Fsp3) is 0.688. The van der Waals surface area contributed by atoms with E-state index in [9.17, 15) is 0 Å². The van der Waals surface area contributed by atoms with E-state index in [1.807, 2.05) is 6.92 Å². The fourth-order valence-corrected chi connectivity index (χ4v) is 6.05. The molecule has 4 fully saturated rings. The summed E-state index contributed by atoms with van der Waals surface area (Å²) in [6.45, 7) is 2.04. The molecule has 19 heavy (non-hydrogen) atoms. The number of rotatable bonds is 2. The molecule has 0 unspecified atom stereocenters. The summed E-state index contributed by atoms with van der Waals surface area (Å²) < 4.78 is 0. The molecule has 4 saturated carbocycles. The molecule has 2 nitrogen and oxygen atoms in total. The second-order valence-corrected chi connectivity index (χ2v) is 7.82. The smallest absolute Gasteiger partial charge is 0.118 e. The van der Waals surface area contributed by atoms with Crippen LogP contribution in [0.5, 0.6) is 0 Å². The third-order valence-corrected chi connectivity index (χ3v) is 6.41. The van der Waals surface area contributed by atoms with Crippen LogP contribution in [0.2, 0.25) is 0 Å². The van der Waals surface area contributed by atoms with Crippen molar-refractivity contribution in [2.45, 2.75) is 44.9 Å². The maximum Gasteiger partial charge on any atom is 0.118 e. The zero-order chi connectivity index (χ0) is 13.0. The maximum absolute atomic E-state index is 6.27. The minimum Gasteiger partial charge on any atom is -0.389 e. The molecule has 0 saturated heterocycles. The summed E-state index contributed by atoms with van der Waals surface area (Å²) in [4.78, 5) is 4.85. The van der Waals surface area contributed by atoms with E-state index in [4.69, 9.17) is 10.7 Å². The Kier molecular flexibility index (Phi) is 2.73. The topological polar surface area (TPSA) is 38.9 Å². The van der Waals surface area contributed by atoms with Crippen LogP contribution in [-0.4, -0.2) is 4.98 Å². The van der Waals surface area contributed by atoms with Gasteiger partial charge in [-0.25, -0.2) is 4.98 Å². The van der Waals surface area contributed by atoms with Crippen LogP contribution in [0.15, 0.2) is 6.08 Å². The number of hydrogen-bond donors (Lipinski definition) is 1. The Labute approximate surface area is 119 Å². The summed E-state index contributed by atoms with van der Waals surface area (Å²) in [6, 6.07) is 0. The second kappa shape index (κ2) is 4.34. The zero-order valence-electron chi connectivity index (χ0n) is 11.5. The summed E-state index contributed by atoms with van der Waals surface area (Å²) in [5, 5.41) is 2.06. The number of nitrogens with two attached hydrogens (primary N) is 1. The first-order chi connectivity index (χ1) is 9.24. The van der Waals surface area contributed by atoms with E-state index in [1.165, 1.54) is 37.8 Å². The van der Waals surface area contributed by atoms with E-state index in [0.29, 0.717) is 5.92 Å².